The highest BCUT2D eigenvalue weighted by Gasteiger charge is 2.35. The lowest BCUT2D eigenvalue weighted by Crippen LogP contribution is -2.34. The monoisotopic (exact) mass is 236 g/mol. The van der Waals surface area contributed by atoms with Crippen molar-refractivity contribution in [3.63, 3.8) is 0 Å². The Hall–Kier alpha value is -1.29. The van der Waals surface area contributed by atoms with Crippen LogP contribution in [0.3, 0.4) is 0 Å². The van der Waals surface area contributed by atoms with Crippen LogP contribution in [0.1, 0.15) is 35.2 Å². The molecule has 2 N–H and O–H groups in total. The molecule has 1 unspecified atom stereocenters. The van der Waals surface area contributed by atoms with Crippen LogP contribution >= 0.6 is 0 Å². The van der Waals surface area contributed by atoms with Crippen LogP contribution in [0, 0.1) is 19.3 Å². The van der Waals surface area contributed by atoms with Crippen LogP contribution in [0.2, 0.25) is 0 Å². The van der Waals surface area contributed by atoms with E-state index in [-0.39, 0.29) is 11.3 Å². The van der Waals surface area contributed by atoms with Crippen LogP contribution in [0.25, 0.3) is 0 Å². The molecule has 0 spiro atoms. The molecule has 1 aliphatic heterocycles. The van der Waals surface area contributed by atoms with E-state index < -0.39 is 0 Å². The second-order valence-corrected chi connectivity index (χ2v) is 5.32. The molecule has 17 heavy (non-hydrogen) atoms. The molecule has 94 valence electrons. The molecule has 1 saturated heterocycles. The van der Waals surface area contributed by atoms with Crippen LogP contribution < -0.4 is 5.73 Å². The summed E-state index contributed by atoms with van der Waals surface area (Å²) in [4.78, 5) is 14.2. The second kappa shape index (κ2) is 4.18. The van der Waals surface area contributed by atoms with Crippen LogP contribution in [-0.2, 0) is 0 Å². The van der Waals surface area contributed by atoms with Gasteiger partial charge in [0.25, 0.3) is 5.91 Å². The first-order valence-electron chi connectivity index (χ1n) is 6.01. The Morgan fingerprint density at radius 3 is 2.76 bits per heavy atom. The molecule has 0 aromatic carbocycles. The summed E-state index contributed by atoms with van der Waals surface area (Å²) in [6, 6.07) is 1.82. The summed E-state index contributed by atoms with van der Waals surface area (Å²) < 4.78 is 5.40. The van der Waals surface area contributed by atoms with E-state index in [1.54, 1.807) is 0 Å². The normalized spacial score (nSPS) is 24.4. The summed E-state index contributed by atoms with van der Waals surface area (Å²) in [5.74, 6) is 1.55. The van der Waals surface area contributed by atoms with Gasteiger partial charge >= 0.3 is 0 Å². The number of rotatable bonds is 2. The van der Waals surface area contributed by atoms with Gasteiger partial charge in [0.05, 0.1) is 5.56 Å². The minimum atomic E-state index is 0.0662. The lowest BCUT2D eigenvalue weighted by Gasteiger charge is -2.22. The molecular weight excluding hydrogens is 216 g/mol. The molecule has 2 rings (SSSR count). The number of nitrogens with two attached hydrogens (primary N) is 1. The molecular formula is C13H20N2O2. The highest BCUT2D eigenvalue weighted by atomic mass is 16.3. The van der Waals surface area contributed by atoms with E-state index in [1.165, 1.54) is 0 Å². The topological polar surface area (TPSA) is 59.5 Å². The van der Waals surface area contributed by atoms with E-state index in [0.29, 0.717) is 17.9 Å². The molecule has 0 bridgehead atoms. The maximum absolute atomic E-state index is 12.3. The molecule has 0 saturated carbocycles. The lowest BCUT2D eigenvalue weighted by molar-refractivity contribution is 0.0775. The SMILES string of the molecule is Cc1cc(C(=O)N2CCC(C)(CN)C2)c(C)o1. The predicted molar refractivity (Wildman–Crippen MR) is 65.9 cm³/mol. The Labute approximate surface area is 102 Å². The summed E-state index contributed by atoms with van der Waals surface area (Å²) in [5.41, 5.74) is 6.50. The molecule has 0 radical (unpaired) electrons. The van der Waals surface area contributed by atoms with Crippen molar-refractivity contribution < 1.29 is 9.21 Å². The van der Waals surface area contributed by atoms with Gasteiger partial charge in [-0.1, -0.05) is 6.92 Å². The van der Waals surface area contributed by atoms with Crippen molar-refractivity contribution in [3.05, 3.63) is 23.2 Å². The van der Waals surface area contributed by atoms with E-state index in [9.17, 15) is 4.79 Å². The zero-order valence-electron chi connectivity index (χ0n) is 10.7. The number of hydrogen-bond acceptors (Lipinski definition) is 3. The number of aryl methyl sites for hydroxylation is 2. The fourth-order valence-corrected chi connectivity index (χ4v) is 2.38. The fourth-order valence-electron chi connectivity index (χ4n) is 2.38. The zero-order chi connectivity index (χ0) is 12.6. The van der Waals surface area contributed by atoms with Crippen molar-refractivity contribution >= 4 is 5.91 Å². The molecule has 0 aliphatic carbocycles. The summed E-state index contributed by atoms with van der Waals surface area (Å²) in [7, 11) is 0. The van der Waals surface area contributed by atoms with Gasteiger partial charge in [0, 0.05) is 13.1 Å². The number of furan rings is 1. The van der Waals surface area contributed by atoms with Gasteiger partial charge in [-0.3, -0.25) is 4.79 Å². The van der Waals surface area contributed by atoms with Crippen molar-refractivity contribution in [1.29, 1.82) is 0 Å². The van der Waals surface area contributed by atoms with Gasteiger partial charge in [-0.05, 0) is 38.3 Å². The van der Waals surface area contributed by atoms with Gasteiger partial charge in [0.1, 0.15) is 11.5 Å². The Morgan fingerprint density at radius 2 is 2.29 bits per heavy atom. The van der Waals surface area contributed by atoms with Crippen LogP contribution in [-0.4, -0.2) is 30.4 Å². The highest BCUT2D eigenvalue weighted by molar-refractivity contribution is 5.95. The van der Waals surface area contributed by atoms with E-state index in [1.807, 2.05) is 24.8 Å². The smallest absolute Gasteiger partial charge is 0.257 e. The fraction of sp³-hybridized carbons (Fsp3) is 0.615. The summed E-state index contributed by atoms with van der Waals surface area (Å²) >= 11 is 0. The number of hydrogen-bond donors (Lipinski definition) is 1. The minimum absolute atomic E-state index is 0.0662. The molecule has 1 fully saturated rings. The zero-order valence-corrected chi connectivity index (χ0v) is 10.7. The Kier molecular flexibility index (Phi) is 3.00. The third kappa shape index (κ3) is 2.22. The first-order chi connectivity index (χ1) is 7.95. The molecule has 1 aromatic rings. The van der Waals surface area contributed by atoms with Gasteiger partial charge in [-0.25, -0.2) is 0 Å². The first-order valence-corrected chi connectivity index (χ1v) is 6.01. The number of carbonyl (C=O) groups excluding carboxylic acids is 1. The Balaban J connectivity index is 2.15. The van der Waals surface area contributed by atoms with E-state index in [2.05, 4.69) is 6.92 Å². The summed E-state index contributed by atoms with van der Waals surface area (Å²) in [6.07, 6.45) is 0.977. The first kappa shape index (κ1) is 12.2. The van der Waals surface area contributed by atoms with Crippen LogP contribution in [0.15, 0.2) is 10.5 Å². The molecule has 4 nitrogen and oxygen atoms in total. The Morgan fingerprint density at radius 1 is 1.59 bits per heavy atom. The minimum Gasteiger partial charge on any atom is -0.466 e. The van der Waals surface area contributed by atoms with Gasteiger partial charge in [0.2, 0.25) is 0 Å². The average molecular weight is 236 g/mol. The van der Waals surface area contributed by atoms with Gasteiger partial charge in [-0.2, -0.15) is 0 Å². The van der Waals surface area contributed by atoms with Crippen molar-refractivity contribution in [2.75, 3.05) is 19.6 Å². The molecule has 2 heterocycles. The standard InChI is InChI=1S/C13H20N2O2/c1-9-6-11(10(2)17-9)12(16)15-5-4-13(3,7-14)8-15/h6H,4-5,7-8,14H2,1-3H3. The average Bonchev–Trinajstić information content (AvgIpc) is 2.82. The Bertz CT molecular complexity index is 439. The summed E-state index contributed by atoms with van der Waals surface area (Å²) in [6.45, 7) is 7.98. The molecule has 1 aliphatic rings. The highest BCUT2D eigenvalue weighted by Crippen LogP contribution is 2.30. The van der Waals surface area contributed by atoms with Crippen LogP contribution in [0.5, 0.6) is 0 Å². The number of nitrogens with zero attached hydrogens (tertiary/aromatic N) is 1. The largest absolute Gasteiger partial charge is 0.466 e. The van der Waals surface area contributed by atoms with Gasteiger partial charge < -0.3 is 15.1 Å². The lowest BCUT2D eigenvalue weighted by atomic mass is 9.90. The van der Waals surface area contributed by atoms with Crippen molar-refractivity contribution in [3.8, 4) is 0 Å². The summed E-state index contributed by atoms with van der Waals surface area (Å²) in [5, 5.41) is 0. The third-order valence-electron chi connectivity index (χ3n) is 3.61. The second-order valence-electron chi connectivity index (χ2n) is 5.32. The number of amides is 1. The maximum atomic E-state index is 12.3. The predicted octanol–water partition coefficient (Wildman–Crippen LogP) is 1.71. The van der Waals surface area contributed by atoms with Crippen molar-refractivity contribution in [1.82, 2.24) is 4.90 Å². The van der Waals surface area contributed by atoms with E-state index in [4.69, 9.17) is 10.2 Å². The quantitative estimate of drug-likeness (QED) is 0.850. The number of likely N-dealkylation sites (tertiary alicyclic amines) is 1. The molecule has 1 amide bonds. The van der Waals surface area contributed by atoms with Gasteiger partial charge in [0.15, 0.2) is 0 Å². The van der Waals surface area contributed by atoms with Crippen molar-refractivity contribution in [2.24, 2.45) is 11.1 Å². The molecule has 1 atom stereocenters. The third-order valence-corrected chi connectivity index (χ3v) is 3.61. The van der Waals surface area contributed by atoms with Crippen molar-refractivity contribution in [2.45, 2.75) is 27.2 Å². The van der Waals surface area contributed by atoms with Gasteiger partial charge in [-0.15, -0.1) is 0 Å². The molecule has 1 aromatic heterocycles. The number of carbonyl (C=O) groups is 1. The maximum Gasteiger partial charge on any atom is 0.257 e. The van der Waals surface area contributed by atoms with E-state index in [0.717, 1.165) is 25.3 Å². The van der Waals surface area contributed by atoms with E-state index >= 15 is 0 Å². The van der Waals surface area contributed by atoms with Crippen LogP contribution in [0.4, 0.5) is 0 Å². The molecule has 4 heteroatoms.